The van der Waals surface area contributed by atoms with Crippen molar-refractivity contribution in [2.45, 2.75) is 39.1 Å². The quantitative estimate of drug-likeness (QED) is 0.546. The average Bonchev–Trinajstić information content (AvgIpc) is 2.74. The van der Waals surface area contributed by atoms with E-state index in [2.05, 4.69) is 10.3 Å². The highest BCUT2D eigenvalue weighted by Gasteiger charge is 2.30. The highest BCUT2D eigenvalue weighted by Crippen LogP contribution is 2.30. The predicted molar refractivity (Wildman–Crippen MR) is 116 cm³/mol. The Hall–Kier alpha value is -3.89. The Balaban J connectivity index is 1.99. The number of alkyl halides is 3. The van der Waals surface area contributed by atoms with Crippen LogP contribution in [0.25, 0.3) is 11.0 Å². The molecule has 2 N–H and O–H groups in total. The molecule has 34 heavy (non-hydrogen) atoms. The molecule has 2 aromatic heterocycles. The summed E-state index contributed by atoms with van der Waals surface area (Å²) >= 11 is 0. The summed E-state index contributed by atoms with van der Waals surface area (Å²) in [5.41, 5.74) is -2.81. The fourth-order valence-electron chi connectivity index (χ4n) is 3.22. The summed E-state index contributed by atoms with van der Waals surface area (Å²) in [6, 6.07) is 7.09. The van der Waals surface area contributed by atoms with E-state index in [0.717, 1.165) is 16.7 Å². The van der Waals surface area contributed by atoms with Gasteiger partial charge in [0, 0.05) is 6.20 Å². The number of benzene rings is 1. The molecule has 0 aliphatic heterocycles. The zero-order chi connectivity index (χ0) is 25.3. The topological polar surface area (TPSA) is 111 Å². The summed E-state index contributed by atoms with van der Waals surface area (Å²) < 4.78 is 44.7. The number of pyridine rings is 2. The van der Waals surface area contributed by atoms with Gasteiger partial charge < -0.3 is 15.2 Å². The maximum absolute atomic E-state index is 13.2. The first kappa shape index (κ1) is 24.7. The molecule has 0 aliphatic carbocycles. The Bertz CT molecular complexity index is 1290. The summed E-state index contributed by atoms with van der Waals surface area (Å²) in [5, 5.41) is 12.9. The second-order valence-electron chi connectivity index (χ2n) is 8.45. The fraction of sp³-hybridized carbons (Fsp3) is 0.304. The smallest absolute Gasteiger partial charge is 0.416 e. The Kier molecular flexibility index (Phi) is 6.67. The Morgan fingerprint density at radius 1 is 1.12 bits per heavy atom. The van der Waals surface area contributed by atoms with Crippen molar-refractivity contribution in [3.63, 3.8) is 0 Å². The Morgan fingerprint density at radius 3 is 2.35 bits per heavy atom. The number of aromatic nitrogens is 2. The number of hydrogen-bond donors (Lipinski definition) is 2. The Labute approximate surface area is 192 Å². The highest BCUT2D eigenvalue weighted by atomic mass is 19.4. The van der Waals surface area contributed by atoms with Crippen molar-refractivity contribution in [2.75, 3.05) is 6.54 Å². The van der Waals surface area contributed by atoms with E-state index in [4.69, 9.17) is 4.74 Å². The molecule has 3 rings (SSSR count). The lowest BCUT2D eigenvalue weighted by Gasteiger charge is -2.19. The first-order chi connectivity index (χ1) is 15.8. The molecular formula is C23H22F3N3O5. The highest BCUT2D eigenvalue weighted by molar-refractivity contribution is 6.02. The molecule has 1 amide bonds. The van der Waals surface area contributed by atoms with Crippen molar-refractivity contribution in [1.82, 2.24) is 14.9 Å². The van der Waals surface area contributed by atoms with Gasteiger partial charge in [-0.1, -0.05) is 12.1 Å². The molecule has 0 bridgehead atoms. The van der Waals surface area contributed by atoms with Crippen LogP contribution in [0.3, 0.4) is 0 Å². The maximum Gasteiger partial charge on any atom is 0.416 e. The number of carbonyl (C=O) groups excluding carboxylic acids is 2. The number of amides is 1. The monoisotopic (exact) mass is 477 g/mol. The summed E-state index contributed by atoms with van der Waals surface area (Å²) in [4.78, 5) is 41.9. The Morgan fingerprint density at radius 2 is 1.76 bits per heavy atom. The number of halogens is 3. The van der Waals surface area contributed by atoms with E-state index in [0.29, 0.717) is 5.56 Å². The SMILES string of the molecule is CC(C)(C)OC(=O)CNC(=O)c1c(O)c2cccnc2n(Cc2ccc(C(F)(F)F)cc2)c1=O. The molecule has 11 heteroatoms. The number of aromatic hydroxyl groups is 1. The van der Waals surface area contributed by atoms with Crippen LogP contribution in [0.5, 0.6) is 5.75 Å². The third-order valence-electron chi connectivity index (χ3n) is 4.66. The molecule has 0 saturated heterocycles. The van der Waals surface area contributed by atoms with Gasteiger partial charge in [-0.15, -0.1) is 0 Å². The normalized spacial score (nSPS) is 11.9. The number of nitrogens with one attached hydrogen (secondary N) is 1. The molecule has 8 nitrogen and oxygen atoms in total. The van der Waals surface area contributed by atoms with Crippen LogP contribution in [0.15, 0.2) is 47.4 Å². The number of hydrogen-bond acceptors (Lipinski definition) is 6. The molecule has 2 heterocycles. The number of rotatable bonds is 5. The number of ether oxygens (including phenoxy) is 1. The summed E-state index contributed by atoms with van der Waals surface area (Å²) in [7, 11) is 0. The largest absolute Gasteiger partial charge is 0.506 e. The predicted octanol–water partition coefficient (Wildman–Crippen LogP) is 3.24. The van der Waals surface area contributed by atoms with Crippen LogP contribution in [0.1, 0.15) is 42.3 Å². The van der Waals surface area contributed by atoms with Crippen molar-refractivity contribution in [2.24, 2.45) is 0 Å². The second kappa shape index (κ2) is 9.16. The van der Waals surface area contributed by atoms with E-state index < -0.39 is 52.6 Å². The third kappa shape index (κ3) is 5.53. The van der Waals surface area contributed by atoms with Gasteiger partial charge in [0.15, 0.2) is 0 Å². The van der Waals surface area contributed by atoms with Gasteiger partial charge in [0.2, 0.25) is 0 Å². The minimum atomic E-state index is -4.51. The lowest BCUT2D eigenvalue weighted by atomic mass is 10.1. The van der Waals surface area contributed by atoms with Crippen LogP contribution in [0, 0.1) is 0 Å². The standard InChI is InChI=1S/C23H22F3N3O5/c1-22(2,3)34-16(30)11-28-20(32)17-18(31)15-5-4-10-27-19(15)29(21(17)33)12-13-6-8-14(9-7-13)23(24,25)26/h4-10,31H,11-12H2,1-3H3,(H,28,32). The van der Waals surface area contributed by atoms with Gasteiger partial charge in [0.05, 0.1) is 17.5 Å². The first-order valence-corrected chi connectivity index (χ1v) is 10.1. The molecule has 1 aromatic carbocycles. The maximum atomic E-state index is 13.2. The third-order valence-corrected chi connectivity index (χ3v) is 4.66. The molecule has 3 aromatic rings. The average molecular weight is 477 g/mol. The van der Waals surface area contributed by atoms with E-state index >= 15 is 0 Å². The molecule has 0 aliphatic rings. The molecular weight excluding hydrogens is 455 g/mol. The molecule has 0 saturated carbocycles. The molecule has 0 fully saturated rings. The van der Waals surface area contributed by atoms with Crippen LogP contribution in [-0.2, 0) is 22.3 Å². The van der Waals surface area contributed by atoms with Crippen molar-refractivity contribution in [1.29, 1.82) is 0 Å². The summed E-state index contributed by atoms with van der Waals surface area (Å²) in [5.74, 6) is -2.38. The van der Waals surface area contributed by atoms with Crippen LogP contribution >= 0.6 is 0 Å². The number of esters is 1. The molecule has 0 unspecified atom stereocenters. The lowest BCUT2D eigenvalue weighted by molar-refractivity contribution is -0.153. The first-order valence-electron chi connectivity index (χ1n) is 10.1. The molecule has 180 valence electrons. The minimum absolute atomic E-state index is 0.0357. The lowest BCUT2D eigenvalue weighted by Crippen LogP contribution is -2.38. The van der Waals surface area contributed by atoms with E-state index in [1.807, 2.05) is 0 Å². The number of fused-ring (bicyclic) bond motifs is 1. The van der Waals surface area contributed by atoms with Crippen LogP contribution < -0.4 is 10.9 Å². The summed E-state index contributed by atoms with van der Waals surface area (Å²) in [6.45, 7) is 4.19. The van der Waals surface area contributed by atoms with E-state index in [9.17, 15) is 32.7 Å². The van der Waals surface area contributed by atoms with Gasteiger partial charge >= 0.3 is 12.1 Å². The zero-order valence-corrected chi connectivity index (χ0v) is 18.6. The number of carbonyl (C=O) groups is 2. The van der Waals surface area contributed by atoms with E-state index in [1.165, 1.54) is 30.5 Å². The van der Waals surface area contributed by atoms with Gasteiger partial charge in [-0.05, 0) is 50.6 Å². The minimum Gasteiger partial charge on any atom is -0.506 e. The zero-order valence-electron chi connectivity index (χ0n) is 18.6. The second-order valence-corrected chi connectivity index (χ2v) is 8.45. The van der Waals surface area contributed by atoms with E-state index in [-0.39, 0.29) is 17.6 Å². The van der Waals surface area contributed by atoms with Crippen LogP contribution in [0.2, 0.25) is 0 Å². The van der Waals surface area contributed by atoms with Crippen LogP contribution in [-0.4, -0.2) is 38.7 Å². The van der Waals surface area contributed by atoms with Gasteiger partial charge in [-0.3, -0.25) is 19.0 Å². The van der Waals surface area contributed by atoms with Crippen molar-refractivity contribution in [3.8, 4) is 5.75 Å². The van der Waals surface area contributed by atoms with Crippen molar-refractivity contribution < 1.29 is 32.6 Å². The van der Waals surface area contributed by atoms with Gasteiger partial charge in [0.1, 0.15) is 29.1 Å². The number of nitrogens with zero attached hydrogens (tertiary/aromatic N) is 2. The van der Waals surface area contributed by atoms with Crippen molar-refractivity contribution >= 4 is 22.9 Å². The van der Waals surface area contributed by atoms with E-state index in [1.54, 1.807) is 20.8 Å². The molecule has 0 atom stereocenters. The van der Waals surface area contributed by atoms with Crippen molar-refractivity contribution in [3.05, 3.63) is 69.6 Å². The van der Waals surface area contributed by atoms with Gasteiger partial charge in [-0.25, -0.2) is 4.98 Å². The fourth-order valence-corrected chi connectivity index (χ4v) is 3.22. The van der Waals surface area contributed by atoms with Gasteiger partial charge in [-0.2, -0.15) is 13.2 Å². The molecule has 0 radical (unpaired) electrons. The summed E-state index contributed by atoms with van der Waals surface area (Å²) in [6.07, 6.45) is -3.14. The van der Waals surface area contributed by atoms with Gasteiger partial charge in [0.25, 0.3) is 11.5 Å². The van der Waals surface area contributed by atoms with Crippen LogP contribution in [0.4, 0.5) is 13.2 Å². The molecule has 0 spiro atoms.